The number of esters is 3. The minimum Gasteiger partial charge on any atom is -0.462 e. The van der Waals surface area contributed by atoms with E-state index in [1.165, 1.54) is 116 Å². The van der Waals surface area contributed by atoms with E-state index >= 15 is 0 Å². The summed E-state index contributed by atoms with van der Waals surface area (Å²) in [4.78, 5) is 90.9. The Morgan fingerprint density at radius 1 is 0.408 bits per heavy atom. The number of carbonyl (C=O) groups is 5. The molecule has 2 saturated heterocycles. The molecule has 0 aromatic rings. The summed E-state index contributed by atoms with van der Waals surface area (Å²) >= 11 is 0. The van der Waals surface area contributed by atoms with Crippen molar-refractivity contribution in [2.24, 2.45) is 0 Å². The lowest BCUT2D eigenvalue weighted by Crippen LogP contribution is -2.67. The van der Waals surface area contributed by atoms with Gasteiger partial charge in [-0.15, -0.1) is 0 Å². The minimum atomic E-state index is -5.55. The normalized spacial score (nSPS) is 21.6. The van der Waals surface area contributed by atoms with Crippen molar-refractivity contribution < 1.29 is 96.8 Å². The highest BCUT2D eigenvalue weighted by molar-refractivity contribution is 7.46. The van der Waals surface area contributed by atoms with Crippen LogP contribution in [-0.4, -0.2) is 158 Å². The molecule has 23 heteroatoms. The average Bonchev–Trinajstić information content (AvgIpc) is 0.783. The lowest BCUT2D eigenvalue weighted by molar-refractivity contribution is -0.297. The molecule has 9 N–H and O–H groups in total. The molecule has 606 valence electrons. The second-order valence-electron chi connectivity index (χ2n) is 30.0. The van der Waals surface area contributed by atoms with Crippen LogP contribution < -0.4 is 10.6 Å². The first kappa shape index (κ1) is 96.2. The molecule has 0 bridgehead atoms. The minimum absolute atomic E-state index is 0.130. The van der Waals surface area contributed by atoms with Crippen LogP contribution >= 0.6 is 7.82 Å². The van der Waals surface area contributed by atoms with E-state index in [1.54, 1.807) is 0 Å². The number of phosphoric acid groups is 1. The van der Waals surface area contributed by atoms with Crippen molar-refractivity contribution in [2.75, 3.05) is 13.2 Å². The predicted molar refractivity (Wildman–Crippen MR) is 403 cm³/mol. The Hall–Kier alpha value is -2.86. The van der Waals surface area contributed by atoms with E-state index in [1.807, 2.05) is 0 Å². The predicted octanol–water partition coefficient (Wildman–Crippen LogP) is 16.3. The molecular weight excluding hydrogens is 1340 g/mol. The van der Waals surface area contributed by atoms with Crippen LogP contribution in [0.2, 0.25) is 0 Å². The lowest BCUT2D eigenvalue weighted by Gasteiger charge is -2.46. The van der Waals surface area contributed by atoms with Gasteiger partial charge >= 0.3 is 25.7 Å². The molecule has 0 aromatic heterocycles. The highest BCUT2D eigenvalue weighted by atomic mass is 31.2. The number of hydrogen-bond donors (Lipinski definition) is 9. The first-order valence-corrected chi connectivity index (χ1v) is 43.5. The summed E-state index contributed by atoms with van der Waals surface area (Å²) in [6.45, 7) is 9.17. The lowest BCUT2D eigenvalue weighted by atomic mass is 9.95. The summed E-state index contributed by atoms with van der Waals surface area (Å²) < 4.78 is 54.7. The standard InChI is InChI=1S/C80H151N2O20P/c1-6-11-16-21-26-31-32-37-42-47-52-57-71(88)98-65(55-50-45-40-35-29-24-19-14-9-4)60-72(89)101-78-74(82-69(86)59-64(54-49-44-39-34-28-23-18-13-8-3)97-70(87)56-51-46-41-36-30-25-20-15-10-5)80(100-66(61-83)77(78)102-103(93,94)95)96-62-67-75(90)76(91)73(79(92)99-67)81-68(85)58-63(84)53-48-43-38-33-27-22-17-12-7-2/h63-67,73-80,83-84,90-92H,6-62H2,1-5H3,(H,81,85)(H,82,86)(H2,93,94,95)/t63-,64-,65-,66-,67-,73-,74-,75-,76-,77-,78-,79+,80-/m1/s1. The SMILES string of the molecule is CCCCCCCCCCCCCC(=O)O[C@H](CCCCCCCCCCC)CC(=O)O[C@@H]1[C@@H](NC(=O)C[C@@H](CCCCCCCCCCC)OC(=O)CCCCCCCCCCC)[C@H](OC[C@H]2O[C@H](O)[C@H](NC(=O)C[C@H](O)CCCCCCCCCCC)[C@@H](O)[C@@H]2O)O[C@H](CO)[C@H]1OP(=O)(O)O. The number of phosphoric ester groups is 1. The van der Waals surface area contributed by atoms with Crippen molar-refractivity contribution in [3.63, 3.8) is 0 Å². The third-order valence-corrected chi connectivity index (χ3v) is 20.9. The second-order valence-corrected chi connectivity index (χ2v) is 31.2. The van der Waals surface area contributed by atoms with Gasteiger partial charge in [0, 0.05) is 12.8 Å². The van der Waals surface area contributed by atoms with Crippen molar-refractivity contribution in [3.8, 4) is 0 Å². The van der Waals surface area contributed by atoms with Crippen LogP contribution in [0, 0.1) is 0 Å². The van der Waals surface area contributed by atoms with Crippen LogP contribution in [0.3, 0.4) is 0 Å². The van der Waals surface area contributed by atoms with Crippen molar-refractivity contribution >= 4 is 37.5 Å². The maximum Gasteiger partial charge on any atom is 0.470 e. The van der Waals surface area contributed by atoms with E-state index in [2.05, 4.69) is 45.3 Å². The number of unbranched alkanes of at least 4 members (excludes halogenated alkanes) is 42. The molecule has 0 saturated carbocycles. The zero-order valence-corrected chi connectivity index (χ0v) is 66.1. The van der Waals surface area contributed by atoms with Crippen LogP contribution in [0.25, 0.3) is 0 Å². The van der Waals surface area contributed by atoms with Gasteiger partial charge in [0.2, 0.25) is 11.8 Å². The van der Waals surface area contributed by atoms with E-state index < -0.39 is 143 Å². The van der Waals surface area contributed by atoms with Crippen molar-refractivity contribution in [1.82, 2.24) is 10.6 Å². The number of nitrogens with one attached hydrogen (secondary N) is 2. The molecule has 22 nitrogen and oxygen atoms in total. The van der Waals surface area contributed by atoms with Gasteiger partial charge in [0.15, 0.2) is 18.7 Å². The Morgan fingerprint density at radius 2 is 0.757 bits per heavy atom. The fraction of sp³-hybridized carbons (Fsp3) is 0.938. The van der Waals surface area contributed by atoms with Crippen LogP contribution in [0.5, 0.6) is 0 Å². The fourth-order valence-corrected chi connectivity index (χ4v) is 14.6. The monoisotopic (exact) mass is 1490 g/mol. The Labute approximate surface area is 622 Å². The smallest absolute Gasteiger partial charge is 0.462 e. The van der Waals surface area contributed by atoms with Gasteiger partial charge in [0.05, 0.1) is 38.6 Å². The Balaban J connectivity index is 2.53. The zero-order chi connectivity index (χ0) is 75.6. The molecule has 0 aromatic carbocycles. The molecular formula is C80H151N2O20P. The number of aliphatic hydroxyl groups is 5. The molecule has 13 atom stereocenters. The third kappa shape index (κ3) is 49.0. The molecule has 0 aliphatic carbocycles. The number of rotatable bonds is 69. The molecule has 0 radical (unpaired) electrons. The summed E-state index contributed by atoms with van der Waals surface area (Å²) in [6, 6.07) is -3.31. The van der Waals surface area contributed by atoms with Gasteiger partial charge < -0.3 is 74.4 Å². The molecule has 0 unspecified atom stereocenters. The molecule has 2 rings (SSSR count). The number of hydrogen-bond acceptors (Lipinski definition) is 18. The summed E-state index contributed by atoms with van der Waals surface area (Å²) in [5.41, 5.74) is 0. The van der Waals surface area contributed by atoms with Crippen molar-refractivity contribution in [3.05, 3.63) is 0 Å². The third-order valence-electron chi connectivity index (χ3n) is 20.3. The van der Waals surface area contributed by atoms with Crippen molar-refractivity contribution in [1.29, 1.82) is 0 Å². The highest BCUT2D eigenvalue weighted by Gasteiger charge is 2.53. The van der Waals surface area contributed by atoms with Crippen LogP contribution in [0.15, 0.2) is 0 Å². The zero-order valence-electron chi connectivity index (χ0n) is 65.2. The van der Waals surface area contributed by atoms with Crippen LogP contribution in [-0.2, 0) is 61.5 Å². The Kier molecular flexibility index (Phi) is 58.8. The maximum atomic E-state index is 14.8. The number of ether oxygens (including phenoxy) is 6. The summed E-state index contributed by atoms with van der Waals surface area (Å²) in [5.74, 6) is -3.46. The van der Waals surface area contributed by atoms with Gasteiger partial charge in [-0.2, -0.15) is 0 Å². The van der Waals surface area contributed by atoms with Gasteiger partial charge in [-0.05, 0) is 44.9 Å². The molecule has 2 heterocycles. The van der Waals surface area contributed by atoms with Gasteiger partial charge in [-0.3, -0.25) is 28.5 Å². The summed E-state index contributed by atoms with van der Waals surface area (Å²) in [5, 5.41) is 61.2. The first-order chi connectivity index (χ1) is 49.8. The van der Waals surface area contributed by atoms with E-state index in [9.17, 15) is 63.9 Å². The Bertz CT molecular complexity index is 2140. The van der Waals surface area contributed by atoms with E-state index in [0.717, 1.165) is 154 Å². The van der Waals surface area contributed by atoms with Crippen molar-refractivity contribution in [2.45, 2.75) is 467 Å². The first-order valence-electron chi connectivity index (χ1n) is 42.0. The molecule has 2 aliphatic rings. The largest absolute Gasteiger partial charge is 0.470 e. The topological polar surface area (TPSA) is 333 Å². The van der Waals surface area contributed by atoms with Gasteiger partial charge in [-0.25, -0.2) is 4.57 Å². The Morgan fingerprint density at radius 3 is 1.15 bits per heavy atom. The van der Waals surface area contributed by atoms with E-state index in [0.29, 0.717) is 51.4 Å². The average molecular weight is 1490 g/mol. The molecule has 2 aliphatic heterocycles. The number of carbonyl (C=O) groups excluding carboxylic acids is 5. The number of aliphatic hydroxyl groups excluding tert-OH is 5. The molecule has 103 heavy (non-hydrogen) atoms. The number of amides is 2. The molecule has 0 spiro atoms. The van der Waals surface area contributed by atoms with Gasteiger partial charge in [-0.1, -0.05) is 311 Å². The van der Waals surface area contributed by atoms with Crippen LogP contribution in [0.1, 0.15) is 388 Å². The van der Waals surface area contributed by atoms with Gasteiger partial charge in [0.1, 0.15) is 54.8 Å². The molecule has 2 fully saturated rings. The maximum absolute atomic E-state index is 14.8. The summed E-state index contributed by atoms with van der Waals surface area (Å²) in [6.07, 6.45) is 31.8. The second kappa shape index (κ2) is 63.0. The highest BCUT2D eigenvalue weighted by Crippen LogP contribution is 2.43. The quantitative estimate of drug-likeness (QED) is 0.0118. The molecule has 2 amide bonds. The van der Waals surface area contributed by atoms with Gasteiger partial charge in [0.25, 0.3) is 0 Å². The fourth-order valence-electron chi connectivity index (χ4n) is 14.1. The van der Waals surface area contributed by atoms with Crippen LogP contribution in [0.4, 0.5) is 0 Å². The van der Waals surface area contributed by atoms with E-state index in [-0.39, 0.29) is 19.3 Å². The van der Waals surface area contributed by atoms with E-state index in [4.69, 9.17) is 32.9 Å². The summed E-state index contributed by atoms with van der Waals surface area (Å²) in [7, 11) is -5.55.